The standard InChI is InChI=1S/C15H28N2O4/c1-11(2)7-13(8-14(19)20)9-16-15(21)17-5-3-12(10-18)4-6-17/h11-13,18H,3-10H2,1-2H3,(H,16,21)(H,19,20). The molecule has 1 unspecified atom stereocenters. The topological polar surface area (TPSA) is 89.9 Å². The van der Waals surface area contributed by atoms with E-state index < -0.39 is 5.97 Å². The number of carbonyl (C=O) groups excluding carboxylic acids is 1. The molecule has 0 aromatic rings. The fourth-order valence-corrected chi connectivity index (χ4v) is 2.81. The number of carboxylic acid groups (broad SMARTS) is 1. The molecule has 2 amide bonds. The van der Waals surface area contributed by atoms with Gasteiger partial charge in [-0.15, -0.1) is 0 Å². The first-order valence-corrected chi connectivity index (χ1v) is 7.77. The van der Waals surface area contributed by atoms with E-state index in [0.29, 0.717) is 31.5 Å². The molecule has 122 valence electrons. The van der Waals surface area contributed by atoms with Gasteiger partial charge in [-0.25, -0.2) is 4.79 Å². The molecular formula is C15H28N2O4. The lowest BCUT2D eigenvalue weighted by atomic mass is 9.94. The van der Waals surface area contributed by atoms with E-state index in [1.54, 1.807) is 4.90 Å². The summed E-state index contributed by atoms with van der Waals surface area (Å²) in [6, 6.07) is -0.120. The molecule has 0 radical (unpaired) electrons. The molecule has 1 aliphatic rings. The van der Waals surface area contributed by atoms with Gasteiger partial charge in [0.25, 0.3) is 0 Å². The lowest BCUT2D eigenvalue weighted by Gasteiger charge is -2.31. The highest BCUT2D eigenvalue weighted by atomic mass is 16.4. The summed E-state index contributed by atoms with van der Waals surface area (Å²) in [6.45, 7) is 6.01. The maximum Gasteiger partial charge on any atom is 0.317 e. The smallest absolute Gasteiger partial charge is 0.317 e. The molecule has 0 bridgehead atoms. The number of likely N-dealkylation sites (tertiary alicyclic amines) is 1. The van der Waals surface area contributed by atoms with Crippen molar-refractivity contribution in [3.05, 3.63) is 0 Å². The van der Waals surface area contributed by atoms with Gasteiger partial charge in [-0.2, -0.15) is 0 Å². The van der Waals surface area contributed by atoms with Crippen LogP contribution in [-0.2, 0) is 4.79 Å². The van der Waals surface area contributed by atoms with Crippen LogP contribution in [0.3, 0.4) is 0 Å². The van der Waals surface area contributed by atoms with Crippen molar-refractivity contribution in [2.24, 2.45) is 17.8 Å². The van der Waals surface area contributed by atoms with Gasteiger partial charge in [-0.1, -0.05) is 13.8 Å². The number of aliphatic carboxylic acids is 1. The van der Waals surface area contributed by atoms with E-state index in [-0.39, 0.29) is 25.0 Å². The zero-order valence-corrected chi connectivity index (χ0v) is 13.0. The number of urea groups is 1. The van der Waals surface area contributed by atoms with E-state index in [2.05, 4.69) is 19.2 Å². The molecule has 1 heterocycles. The lowest BCUT2D eigenvalue weighted by molar-refractivity contribution is -0.138. The SMILES string of the molecule is CC(C)CC(CNC(=O)N1CCC(CO)CC1)CC(=O)O. The predicted molar refractivity (Wildman–Crippen MR) is 80.0 cm³/mol. The summed E-state index contributed by atoms with van der Waals surface area (Å²) in [5, 5.41) is 20.9. The third kappa shape index (κ3) is 6.80. The normalized spacial score (nSPS) is 17.8. The Kier molecular flexibility index (Phi) is 7.50. The van der Waals surface area contributed by atoms with Crippen molar-refractivity contribution in [3.63, 3.8) is 0 Å². The first kappa shape index (κ1) is 17.8. The molecule has 21 heavy (non-hydrogen) atoms. The highest BCUT2D eigenvalue weighted by molar-refractivity contribution is 5.74. The largest absolute Gasteiger partial charge is 0.481 e. The number of hydrogen-bond donors (Lipinski definition) is 3. The second-order valence-electron chi connectivity index (χ2n) is 6.39. The van der Waals surface area contributed by atoms with Crippen LogP contribution in [0, 0.1) is 17.8 Å². The second-order valence-corrected chi connectivity index (χ2v) is 6.39. The molecular weight excluding hydrogens is 272 g/mol. The molecule has 1 saturated heterocycles. The Bertz CT molecular complexity index is 339. The van der Waals surface area contributed by atoms with Gasteiger partial charge in [0, 0.05) is 32.7 Å². The molecule has 6 heteroatoms. The van der Waals surface area contributed by atoms with E-state index in [1.165, 1.54) is 0 Å². The first-order valence-electron chi connectivity index (χ1n) is 7.77. The van der Waals surface area contributed by atoms with Gasteiger partial charge in [0.15, 0.2) is 0 Å². The van der Waals surface area contributed by atoms with Gasteiger partial charge in [-0.3, -0.25) is 4.79 Å². The monoisotopic (exact) mass is 300 g/mol. The number of carbonyl (C=O) groups is 2. The highest BCUT2D eigenvalue weighted by Crippen LogP contribution is 2.17. The van der Waals surface area contributed by atoms with Crippen LogP contribution in [0.25, 0.3) is 0 Å². The average Bonchev–Trinajstić information content (AvgIpc) is 2.43. The maximum absolute atomic E-state index is 12.1. The van der Waals surface area contributed by atoms with Gasteiger partial charge in [0.1, 0.15) is 0 Å². The van der Waals surface area contributed by atoms with Crippen LogP contribution in [-0.4, -0.2) is 53.4 Å². The summed E-state index contributed by atoms with van der Waals surface area (Å²) >= 11 is 0. The number of aliphatic hydroxyl groups excluding tert-OH is 1. The van der Waals surface area contributed by atoms with Crippen molar-refractivity contribution in [1.29, 1.82) is 0 Å². The summed E-state index contributed by atoms with van der Waals surface area (Å²) in [5.41, 5.74) is 0. The molecule has 1 rings (SSSR count). The number of amides is 2. The van der Waals surface area contributed by atoms with E-state index in [0.717, 1.165) is 19.3 Å². The number of piperidine rings is 1. The summed E-state index contributed by atoms with van der Waals surface area (Å²) in [7, 11) is 0. The van der Waals surface area contributed by atoms with Crippen LogP contribution < -0.4 is 5.32 Å². The summed E-state index contributed by atoms with van der Waals surface area (Å²) in [6.07, 6.45) is 2.53. The number of rotatable bonds is 7. The second kappa shape index (κ2) is 8.87. The van der Waals surface area contributed by atoms with Crippen molar-refractivity contribution >= 4 is 12.0 Å². The molecule has 1 aliphatic heterocycles. The number of nitrogens with one attached hydrogen (secondary N) is 1. The Hall–Kier alpha value is -1.30. The quantitative estimate of drug-likeness (QED) is 0.665. The lowest BCUT2D eigenvalue weighted by Crippen LogP contribution is -2.46. The van der Waals surface area contributed by atoms with Crippen LogP contribution >= 0.6 is 0 Å². The molecule has 0 saturated carbocycles. The molecule has 0 aromatic carbocycles. The van der Waals surface area contributed by atoms with E-state index >= 15 is 0 Å². The van der Waals surface area contributed by atoms with Crippen LogP contribution in [0.2, 0.25) is 0 Å². The number of aliphatic hydroxyl groups is 1. The maximum atomic E-state index is 12.1. The minimum Gasteiger partial charge on any atom is -0.481 e. The minimum absolute atomic E-state index is 0.0265. The average molecular weight is 300 g/mol. The summed E-state index contributed by atoms with van der Waals surface area (Å²) < 4.78 is 0. The molecule has 0 aliphatic carbocycles. The number of hydrogen-bond acceptors (Lipinski definition) is 3. The van der Waals surface area contributed by atoms with E-state index in [1.807, 2.05) is 0 Å². The summed E-state index contributed by atoms with van der Waals surface area (Å²) in [5.74, 6) is -0.138. The Morgan fingerprint density at radius 3 is 2.38 bits per heavy atom. The zero-order valence-electron chi connectivity index (χ0n) is 13.0. The van der Waals surface area contributed by atoms with Gasteiger partial charge in [0.2, 0.25) is 0 Å². The molecule has 1 atom stereocenters. The minimum atomic E-state index is -0.821. The molecule has 1 fully saturated rings. The molecule has 0 aromatic heterocycles. The van der Waals surface area contributed by atoms with Gasteiger partial charge >= 0.3 is 12.0 Å². The van der Waals surface area contributed by atoms with Crippen LogP contribution in [0.1, 0.15) is 39.5 Å². The van der Waals surface area contributed by atoms with Crippen molar-refractivity contribution < 1.29 is 19.8 Å². The van der Waals surface area contributed by atoms with Crippen molar-refractivity contribution in [2.75, 3.05) is 26.2 Å². The van der Waals surface area contributed by atoms with Crippen LogP contribution in [0.15, 0.2) is 0 Å². The zero-order chi connectivity index (χ0) is 15.8. The Morgan fingerprint density at radius 1 is 1.29 bits per heavy atom. The van der Waals surface area contributed by atoms with Gasteiger partial charge in [0.05, 0.1) is 0 Å². The third-order valence-electron chi connectivity index (χ3n) is 3.97. The Balaban J connectivity index is 2.37. The van der Waals surface area contributed by atoms with Crippen LogP contribution in [0.5, 0.6) is 0 Å². The summed E-state index contributed by atoms with van der Waals surface area (Å²) in [4.78, 5) is 24.7. The predicted octanol–water partition coefficient (Wildman–Crippen LogP) is 1.54. The fourth-order valence-electron chi connectivity index (χ4n) is 2.81. The van der Waals surface area contributed by atoms with Crippen LogP contribution in [0.4, 0.5) is 4.79 Å². The number of nitrogens with zero attached hydrogens (tertiary/aromatic N) is 1. The van der Waals surface area contributed by atoms with Gasteiger partial charge < -0.3 is 20.4 Å². The van der Waals surface area contributed by atoms with E-state index in [9.17, 15) is 9.59 Å². The molecule has 3 N–H and O–H groups in total. The Labute approximate surface area is 126 Å². The first-order chi connectivity index (χ1) is 9.92. The third-order valence-corrected chi connectivity index (χ3v) is 3.97. The van der Waals surface area contributed by atoms with Gasteiger partial charge in [-0.05, 0) is 37.0 Å². The van der Waals surface area contributed by atoms with Crippen molar-refractivity contribution in [1.82, 2.24) is 10.2 Å². The highest BCUT2D eigenvalue weighted by Gasteiger charge is 2.23. The van der Waals surface area contributed by atoms with E-state index in [4.69, 9.17) is 10.2 Å². The molecule has 0 spiro atoms. The fraction of sp³-hybridized carbons (Fsp3) is 0.867. The number of carboxylic acids is 1. The van der Waals surface area contributed by atoms with Crippen molar-refractivity contribution in [3.8, 4) is 0 Å². The van der Waals surface area contributed by atoms with Crippen molar-refractivity contribution in [2.45, 2.75) is 39.5 Å². The Morgan fingerprint density at radius 2 is 1.90 bits per heavy atom. The molecule has 6 nitrogen and oxygen atoms in total.